The lowest BCUT2D eigenvalue weighted by Gasteiger charge is -2.35. The second-order valence-corrected chi connectivity index (χ2v) is 10.8. The van der Waals surface area contributed by atoms with Crippen molar-refractivity contribution in [3.05, 3.63) is 83.2 Å². The van der Waals surface area contributed by atoms with Gasteiger partial charge in [0.2, 0.25) is 10.0 Å². The number of carbonyl (C=O) groups excluding carboxylic acids is 1. The van der Waals surface area contributed by atoms with Gasteiger partial charge in [-0.2, -0.15) is 4.98 Å². The first-order valence-electron chi connectivity index (χ1n) is 12.0. The van der Waals surface area contributed by atoms with Crippen LogP contribution in [0.5, 0.6) is 11.5 Å². The summed E-state index contributed by atoms with van der Waals surface area (Å²) in [5.74, 6) is -0.513. The van der Waals surface area contributed by atoms with E-state index in [9.17, 15) is 17.6 Å². The summed E-state index contributed by atoms with van der Waals surface area (Å²) in [4.78, 5) is 19.4. The third-order valence-corrected chi connectivity index (χ3v) is 7.68. The number of nitrogens with one attached hydrogen (secondary N) is 1. The zero-order valence-electron chi connectivity index (χ0n) is 20.8. The number of halogens is 1. The van der Waals surface area contributed by atoms with Gasteiger partial charge in [0.05, 0.1) is 12.9 Å². The minimum Gasteiger partial charge on any atom is -0.493 e. The molecule has 0 saturated heterocycles. The SMILES string of the molecule is CCS(=O)(=O)NC(=O)[C@@H]1Cc2c(ccc(OC)c2OCc2ccccc2)CN1c1nc2ccc(F)cc2o1. The first kappa shape index (κ1) is 25.5. The average Bonchev–Trinajstić information content (AvgIpc) is 3.34. The molecule has 0 saturated carbocycles. The smallest absolute Gasteiger partial charge is 0.299 e. The number of hydrogen-bond donors (Lipinski definition) is 1. The molecule has 0 unspecified atom stereocenters. The summed E-state index contributed by atoms with van der Waals surface area (Å²) in [5.41, 5.74) is 3.12. The van der Waals surface area contributed by atoms with Crippen LogP contribution in [0.2, 0.25) is 0 Å². The molecule has 1 aromatic heterocycles. The fraction of sp³-hybridized carbons (Fsp3) is 0.259. The topological polar surface area (TPSA) is 111 Å². The summed E-state index contributed by atoms with van der Waals surface area (Å²) >= 11 is 0. The van der Waals surface area contributed by atoms with Gasteiger partial charge in [0.1, 0.15) is 24.0 Å². The number of benzene rings is 3. The van der Waals surface area contributed by atoms with E-state index in [1.807, 2.05) is 36.4 Å². The number of methoxy groups -OCH3 is 1. The van der Waals surface area contributed by atoms with Gasteiger partial charge in [-0.3, -0.25) is 9.52 Å². The maximum Gasteiger partial charge on any atom is 0.299 e. The predicted octanol–water partition coefficient (Wildman–Crippen LogP) is 3.95. The molecule has 0 fully saturated rings. The molecule has 198 valence electrons. The third kappa shape index (κ3) is 5.14. The van der Waals surface area contributed by atoms with Crippen molar-refractivity contribution in [2.75, 3.05) is 17.8 Å². The Bertz CT molecular complexity index is 1590. The van der Waals surface area contributed by atoms with Gasteiger partial charge in [0.15, 0.2) is 17.1 Å². The van der Waals surface area contributed by atoms with Gasteiger partial charge < -0.3 is 18.8 Å². The van der Waals surface area contributed by atoms with Crippen molar-refractivity contribution in [1.29, 1.82) is 0 Å². The van der Waals surface area contributed by atoms with E-state index in [4.69, 9.17) is 13.9 Å². The molecular weight excluding hydrogens is 513 g/mol. The van der Waals surface area contributed by atoms with Crippen LogP contribution >= 0.6 is 0 Å². The summed E-state index contributed by atoms with van der Waals surface area (Å²) in [6.07, 6.45) is 0.0921. The molecule has 1 atom stereocenters. The van der Waals surface area contributed by atoms with Gasteiger partial charge in [-0.1, -0.05) is 36.4 Å². The van der Waals surface area contributed by atoms with Crippen molar-refractivity contribution in [2.45, 2.75) is 32.5 Å². The van der Waals surface area contributed by atoms with Crippen molar-refractivity contribution < 1.29 is 31.5 Å². The number of hydrogen-bond acceptors (Lipinski definition) is 8. The summed E-state index contributed by atoms with van der Waals surface area (Å²) in [5, 5.41) is 0. The van der Waals surface area contributed by atoms with E-state index in [-0.39, 0.29) is 36.9 Å². The highest BCUT2D eigenvalue weighted by molar-refractivity contribution is 7.90. The summed E-state index contributed by atoms with van der Waals surface area (Å²) in [6, 6.07) is 16.3. The molecule has 4 aromatic rings. The average molecular weight is 540 g/mol. The molecule has 1 aliphatic rings. The second kappa shape index (κ2) is 10.3. The van der Waals surface area contributed by atoms with E-state index >= 15 is 0 Å². The number of carbonyl (C=O) groups is 1. The Morgan fingerprint density at radius 1 is 1.18 bits per heavy atom. The van der Waals surface area contributed by atoms with Crippen molar-refractivity contribution in [1.82, 2.24) is 9.71 Å². The highest BCUT2D eigenvalue weighted by Gasteiger charge is 2.38. The number of anilines is 1. The Balaban J connectivity index is 1.56. The van der Waals surface area contributed by atoms with E-state index in [1.165, 1.54) is 32.2 Å². The first-order valence-corrected chi connectivity index (χ1v) is 13.7. The molecular formula is C27H26FN3O6S. The Kier molecular flexibility index (Phi) is 6.94. The lowest BCUT2D eigenvalue weighted by atomic mass is 9.92. The van der Waals surface area contributed by atoms with Crippen molar-refractivity contribution in [3.63, 3.8) is 0 Å². The quantitative estimate of drug-likeness (QED) is 0.358. The van der Waals surface area contributed by atoms with Crippen LogP contribution in [0.25, 0.3) is 11.1 Å². The van der Waals surface area contributed by atoms with E-state index in [0.717, 1.165) is 11.1 Å². The van der Waals surface area contributed by atoms with Crippen LogP contribution in [0.4, 0.5) is 10.4 Å². The second-order valence-electron chi connectivity index (χ2n) is 8.83. The maximum atomic E-state index is 13.8. The molecule has 1 aliphatic heterocycles. The lowest BCUT2D eigenvalue weighted by molar-refractivity contribution is -0.120. The minimum absolute atomic E-state index is 0.0767. The van der Waals surface area contributed by atoms with Crippen LogP contribution in [0.1, 0.15) is 23.6 Å². The fourth-order valence-electron chi connectivity index (χ4n) is 4.40. The van der Waals surface area contributed by atoms with Gasteiger partial charge >= 0.3 is 0 Å². The predicted molar refractivity (Wildman–Crippen MR) is 139 cm³/mol. The van der Waals surface area contributed by atoms with Crippen LogP contribution in [0.15, 0.2) is 65.1 Å². The number of sulfonamides is 1. The molecule has 38 heavy (non-hydrogen) atoms. The van der Waals surface area contributed by atoms with Crippen LogP contribution in [0, 0.1) is 5.82 Å². The fourth-order valence-corrected chi connectivity index (χ4v) is 4.99. The molecule has 0 spiro atoms. The number of nitrogens with zero attached hydrogens (tertiary/aromatic N) is 2. The number of ether oxygens (including phenoxy) is 2. The number of amides is 1. The van der Waals surface area contributed by atoms with Crippen molar-refractivity contribution in [2.24, 2.45) is 0 Å². The molecule has 3 aromatic carbocycles. The molecule has 9 nitrogen and oxygen atoms in total. The van der Waals surface area contributed by atoms with Crippen LogP contribution in [-0.2, 0) is 34.4 Å². The molecule has 1 N–H and O–H groups in total. The molecule has 11 heteroatoms. The van der Waals surface area contributed by atoms with Gasteiger partial charge in [-0.05, 0) is 36.2 Å². The van der Waals surface area contributed by atoms with E-state index < -0.39 is 27.8 Å². The number of fused-ring (bicyclic) bond motifs is 2. The summed E-state index contributed by atoms with van der Waals surface area (Å²) in [7, 11) is -2.30. The Morgan fingerprint density at radius 2 is 1.97 bits per heavy atom. The van der Waals surface area contributed by atoms with E-state index in [0.29, 0.717) is 22.6 Å². The molecule has 0 radical (unpaired) electrons. The van der Waals surface area contributed by atoms with Crippen LogP contribution < -0.4 is 19.1 Å². The van der Waals surface area contributed by atoms with Crippen LogP contribution in [0.3, 0.4) is 0 Å². The minimum atomic E-state index is -3.83. The Labute approximate surface area is 219 Å². The maximum absolute atomic E-state index is 13.8. The zero-order chi connectivity index (χ0) is 26.9. The highest BCUT2D eigenvalue weighted by atomic mass is 32.2. The van der Waals surface area contributed by atoms with Crippen molar-refractivity contribution >= 4 is 33.0 Å². The molecule has 0 bridgehead atoms. The van der Waals surface area contributed by atoms with Gasteiger partial charge in [0, 0.05) is 24.6 Å². The number of aromatic nitrogens is 1. The normalized spacial score (nSPS) is 15.2. The summed E-state index contributed by atoms with van der Waals surface area (Å²) in [6.45, 7) is 1.88. The summed E-state index contributed by atoms with van der Waals surface area (Å²) < 4.78 is 58.0. The number of rotatable bonds is 8. The number of oxazole rings is 1. The van der Waals surface area contributed by atoms with Crippen molar-refractivity contribution in [3.8, 4) is 11.5 Å². The Hall–Kier alpha value is -4.12. The van der Waals surface area contributed by atoms with Gasteiger partial charge in [0.25, 0.3) is 11.9 Å². The molecule has 0 aliphatic carbocycles. The lowest BCUT2D eigenvalue weighted by Crippen LogP contribution is -2.52. The Morgan fingerprint density at radius 3 is 2.71 bits per heavy atom. The largest absolute Gasteiger partial charge is 0.493 e. The molecule has 5 rings (SSSR count). The van der Waals surface area contributed by atoms with Gasteiger partial charge in [-0.25, -0.2) is 12.8 Å². The standard InChI is InChI=1S/C27H26FN3O6S/c1-3-38(33,34)30-26(32)22-14-20-18(15-31(22)27-29-21-11-10-19(28)13-24(21)37-27)9-12-23(35-2)25(20)36-16-17-7-5-4-6-8-17/h4-13,22H,3,14-16H2,1-2H3,(H,30,32)/t22-/m0/s1. The van der Waals surface area contributed by atoms with Gasteiger partial charge in [-0.15, -0.1) is 0 Å². The highest BCUT2D eigenvalue weighted by Crippen LogP contribution is 2.40. The van der Waals surface area contributed by atoms with Crippen LogP contribution in [-0.4, -0.2) is 38.2 Å². The molecule has 2 heterocycles. The van der Waals surface area contributed by atoms with E-state index in [1.54, 1.807) is 11.0 Å². The zero-order valence-corrected chi connectivity index (χ0v) is 21.6. The monoisotopic (exact) mass is 539 g/mol. The van der Waals surface area contributed by atoms with E-state index in [2.05, 4.69) is 9.71 Å². The molecule has 1 amide bonds. The first-order chi connectivity index (χ1) is 18.3. The third-order valence-electron chi connectivity index (χ3n) is 6.41.